The molecule has 26 nitrogen and oxygen atoms in total. The molecule has 0 aromatic heterocycles. The van der Waals surface area contributed by atoms with Crippen molar-refractivity contribution in [3.8, 4) is 12.3 Å². The van der Waals surface area contributed by atoms with Gasteiger partial charge in [-0.3, -0.25) is 9.80 Å². The SMILES string of the molecule is C#CCN(C)CC.C=CCN(C)C.C=CCN(C)CC.CC1CCN1C.CCN(C)C.CCN(C)CC.CCN(C)CCOC.CCNC.CN.CN(C)C.CN(C)CCF.CN1CC(F)(F)C1.CN1CC(F)C1.CN1CC(O)C1.CN1CCC1.CN1CCCC(C)(C)C1.CNC.COC1CN(C)C1.COCCN(C)C.COCCN(C)CCOC. The highest BCUT2D eigenvalue weighted by Gasteiger charge is 2.41. The highest BCUT2D eigenvalue weighted by molar-refractivity contribution is 4.87. The van der Waals surface area contributed by atoms with Gasteiger partial charge in [0.25, 0.3) is 5.92 Å². The highest BCUT2D eigenvalue weighted by atomic mass is 19.3. The molecule has 0 bridgehead atoms. The summed E-state index contributed by atoms with van der Waals surface area (Å²) in [5.74, 6) is 0.164. The zero-order valence-electron chi connectivity index (χ0n) is 88.3. The number of aliphatic hydroxyl groups is 1. The molecule has 0 aliphatic carbocycles. The van der Waals surface area contributed by atoms with E-state index < -0.39 is 12.1 Å². The van der Waals surface area contributed by atoms with E-state index in [1.165, 1.54) is 65.5 Å². The summed E-state index contributed by atoms with van der Waals surface area (Å²) < 4.78 is 70.9. The Morgan fingerprint density at radius 2 is 0.851 bits per heavy atom. The number of likely N-dealkylation sites (tertiary alicyclic amines) is 7. The molecule has 0 aromatic carbocycles. The zero-order valence-corrected chi connectivity index (χ0v) is 88.3. The molecule has 744 valence electrons. The fourth-order valence-electron chi connectivity index (χ4n) is 8.21. The van der Waals surface area contributed by atoms with Gasteiger partial charge in [0.2, 0.25) is 0 Å². The van der Waals surface area contributed by atoms with Gasteiger partial charge in [0.05, 0.1) is 58.3 Å². The Balaban J connectivity index is -0.0000000928. The molecule has 7 heterocycles. The Morgan fingerprint density at radius 3 is 0.950 bits per heavy atom. The van der Waals surface area contributed by atoms with Crippen LogP contribution in [0.25, 0.3) is 0 Å². The number of piperidine rings is 1. The van der Waals surface area contributed by atoms with Gasteiger partial charge in [-0.15, -0.1) is 19.6 Å². The van der Waals surface area contributed by atoms with Crippen LogP contribution in [0.15, 0.2) is 25.3 Å². The highest BCUT2D eigenvalue weighted by Crippen LogP contribution is 2.27. The van der Waals surface area contributed by atoms with E-state index in [-0.39, 0.29) is 25.9 Å². The van der Waals surface area contributed by atoms with E-state index in [0.29, 0.717) is 31.2 Å². The first-order chi connectivity index (χ1) is 56.5. The van der Waals surface area contributed by atoms with Gasteiger partial charge in [-0.2, -0.15) is 0 Å². The van der Waals surface area contributed by atoms with Gasteiger partial charge in [0.15, 0.2) is 0 Å². The third-order valence-corrected chi connectivity index (χ3v) is 17.5. The van der Waals surface area contributed by atoms with Crippen molar-refractivity contribution in [3.05, 3.63) is 25.3 Å². The Morgan fingerprint density at radius 1 is 0.496 bits per heavy atom. The van der Waals surface area contributed by atoms with Gasteiger partial charge in [-0.25, -0.2) is 17.6 Å². The molecular formula is C91H216F4N20O6. The molecule has 121 heavy (non-hydrogen) atoms. The smallest absolute Gasteiger partial charge is 0.272 e. The lowest BCUT2D eigenvalue weighted by Gasteiger charge is -2.35. The average Bonchev–Trinajstić information content (AvgIpc) is 0.838. The van der Waals surface area contributed by atoms with Gasteiger partial charge in [0.1, 0.15) is 12.8 Å². The van der Waals surface area contributed by atoms with E-state index in [9.17, 15) is 17.6 Å². The number of aliphatic hydroxyl groups excluding tert-OH is 1. The van der Waals surface area contributed by atoms with Crippen LogP contribution in [0.3, 0.4) is 0 Å². The number of rotatable bonds is 27. The third kappa shape index (κ3) is 152. The number of alkyl halides is 4. The molecule has 0 saturated carbocycles. The van der Waals surface area contributed by atoms with Crippen molar-refractivity contribution in [1.82, 2.24) is 93.9 Å². The van der Waals surface area contributed by atoms with E-state index in [0.717, 1.165) is 150 Å². The molecule has 1 atom stereocenters. The van der Waals surface area contributed by atoms with Crippen LogP contribution in [-0.4, -0.2) is 561 Å². The van der Waals surface area contributed by atoms with Gasteiger partial charge >= 0.3 is 0 Å². The van der Waals surface area contributed by atoms with Crippen molar-refractivity contribution in [2.45, 2.75) is 125 Å². The molecule has 0 aromatic rings. The normalized spacial score (nSPS) is 16.6. The molecule has 0 spiro atoms. The van der Waals surface area contributed by atoms with Gasteiger partial charge in [-0.05, 0) is 300 Å². The van der Waals surface area contributed by atoms with Crippen LogP contribution in [0.5, 0.6) is 0 Å². The van der Waals surface area contributed by atoms with Crippen LogP contribution in [0.2, 0.25) is 0 Å². The maximum absolute atomic E-state index is 11.7. The summed E-state index contributed by atoms with van der Waals surface area (Å²) in [6, 6.07) is 0.866. The second-order valence-corrected chi connectivity index (χ2v) is 33.2. The lowest BCUT2D eigenvalue weighted by atomic mass is 9.84. The van der Waals surface area contributed by atoms with Crippen LogP contribution in [-0.2, 0) is 23.7 Å². The minimum Gasteiger partial charge on any atom is -0.390 e. The van der Waals surface area contributed by atoms with Crippen LogP contribution >= 0.6 is 0 Å². The monoisotopic (exact) mass is 1760 g/mol. The predicted octanol–water partition coefficient (Wildman–Crippen LogP) is 8.12. The van der Waals surface area contributed by atoms with Crippen molar-refractivity contribution in [3.63, 3.8) is 0 Å². The minimum absolute atomic E-state index is 0.0324. The zero-order chi connectivity index (χ0) is 97.4. The number of halogens is 4. The molecular weight excluding hydrogens is 1550 g/mol. The molecule has 7 aliphatic rings. The Bertz CT molecular complexity index is 1840. The number of nitrogens with zero attached hydrogens (tertiary/aromatic N) is 17. The fraction of sp³-hybridized carbons (Fsp3) is 0.934. The summed E-state index contributed by atoms with van der Waals surface area (Å²) >= 11 is 0. The molecule has 0 amide bonds. The summed E-state index contributed by atoms with van der Waals surface area (Å²) in [7, 11) is 62.2. The number of hydrogen-bond donors (Lipinski definition) is 4. The van der Waals surface area contributed by atoms with E-state index in [1.807, 2.05) is 128 Å². The molecule has 5 N–H and O–H groups in total. The molecule has 7 fully saturated rings. The van der Waals surface area contributed by atoms with Gasteiger partial charge in [-0.1, -0.05) is 80.4 Å². The number of hydrogen-bond acceptors (Lipinski definition) is 26. The second-order valence-electron chi connectivity index (χ2n) is 33.2. The van der Waals surface area contributed by atoms with Gasteiger partial charge < -0.3 is 119 Å². The quantitative estimate of drug-likeness (QED) is 0.0353. The van der Waals surface area contributed by atoms with Crippen LogP contribution < -0.4 is 16.4 Å². The minimum atomic E-state index is -2.38. The second kappa shape index (κ2) is 112. The maximum atomic E-state index is 11.7. The largest absolute Gasteiger partial charge is 0.390 e. The van der Waals surface area contributed by atoms with E-state index >= 15 is 0 Å². The first-order valence-electron chi connectivity index (χ1n) is 44.1. The molecule has 1 unspecified atom stereocenters. The fourth-order valence-corrected chi connectivity index (χ4v) is 8.21. The summed E-state index contributed by atoms with van der Waals surface area (Å²) in [5.41, 5.74) is 5.08. The van der Waals surface area contributed by atoms with Crippen LogP contribution in [0.1, 0.15) is 94.9 Å². The van der Waals surface area contributed by atoms with E-state index in [2.05, 4.69) is 239 Å². The average molecular weight is 1760 g/mol. The number of nitrogens with one attached hydrogen (secondary N) is 2. The van der Waals surface area contributed by atoms with Gasteiger partial charge in [0, 0.05) is 133 Å². The van der Waals surface area contributed by atoms with E-state index in [1.54, 1.807) is 52.4 Å². The first kappa shape index (κ1) is 147. The van der Waals surface area contributed by atoms with Crippen molar-refractivity contribution in [1.29, 1.82) is 0 Å². The summed E-state index contributed by atoms with van der Waals surface area (Å²) in [4.78, 5) is 35.9. The summed E-state index contributed by atoms with van der Waals surface area (Å²) in [5, 5.41) is 14.3. The van der Waals surface area contributed by atoms with Crippen molar-refractivity contribution in [2.24, 2.45) is 11.1 Å². The number of nitrogens with two attached hydrogens (primary N) is 1. The lowest BCUT2D eigenvalue weighted by molar-refractivity contribution is -0.119. The first-order valence-corrected chi connectivity index (χ1v) is 44.1. The Hall–Kier alpha value is -2.28. The third-order valence-electron chi connectivity index (χ3n) is 17.5. The number of terminal acetylenes is 1. The Kier molecular flexibility index (Phi) is 136. The summed E-state index contributed by atoms with van der Waals surface area (Å²) in [6.07, 6.45) is 14.3. The lowest BCUT2D eigenvalue weighted by Crippen LogP contribution is -2.53. The van der Waals surface area contributed by atoms with Crippen molar-refractivity contribution in [2.75, 3.05) is 442 Å². The van der Waals surface area contributed by atoms with Crippen molar-refractivity contribution >= 4 is 0 Å². The number of β-amino-alcohol motifs (C(OH)–C–C–N with tert-alkyl or cyclic N) is 1. The number of ether oxygens (including phenoxy) is 5. The molecule has 30 heteroatoms. The van der Waals surface area contributed by atoms with Crippen molar-refractivity contribution < 1.29 is 46.4 Å². The molecule has 7 saturated heterocycles. The topological polar surface area (TPSA) is 172 Å². The maximum Gasteiger partial charge on any atom is 0.272 e. The van der Waals surface area contributed by atoms with E-state index in [4.69, 9.17) is 35.2 Å². The summed E-state index contributed by atoms with van der Waals surface area (Å²) in [6.45, 7) is 58.6. The molecule has 0 radical (unpaired) electrons. The number of methoxy groups -OCH3 is 5. The molecule has 7 aliphatic heterocycles. The standard InChI is InChI=1S/C8H17N.C7H17NO2.C6H15NO.C6H13N.C6H11N.C5H11NO.C5H13NO.2C5H11N.C5H13N.C4H7F2N.C4H8FN.C4H10FN.C4H9NO.C4H9N.C4H11N.2C3H9N.C2H7N.CH5N/c1-8(2)5-4-6-9(3)7-8;1-8(4-6-9-2)5-7-10-3;1-4-7(2)5-6-8-3;2*1-4-6-7(3)5-2;1-6-3-5(4-6)7-2;1-6(2)4-5-7-3;1-5-3-4-6(5)2;1-4-5-6(2)3;1-4-6(3)5-2;1-7-2-4(5,6)3-7;1-6-2-4(5)3-6;1-6(2)4-3-5;1-5-2-4(6)3-5;1-5-3-2-4-5;1-4-5(2)3;1-4(2)3;1-3-4-2;1-3-2;1-2/h4-7H2,1-3H3;4-7H2,1-3H3;4-6H2,1-3H3;4H,1,5-6H2,2-3H3;1H,5-6H2,2-3H3;5H,3-4H2,1-2H3;4-5H2,1-3H3;5H,3-4H2,1-2H3;4H,1,5H2,2-3H3;4-5H2,1-3H3;2-3H2,1H3;4H,2-3H2,1H3;3-4H2,1-2H3;4,6H,2-3H2,1H3;2-4H2,1H3;4H2,1-3H3;1-3H3;4H,3H2,1-2H3;3H,1-2H3;2H2,1H3. The molecule has 7 rings (SSSR count). The Labute approximate surface area is 753 Å². The number of likely N-dealkylation sites (N-methyl/N-ethyl adjacent to an activating group) is 7. The van der Waals surface area contributed by atoms with Crippen LogP contribution in [0.4, 0.5) is 17.6 Å². The predicted molar refractivity (Wildman–Crippen MR) is 529 cm³/mol. The van der Waals surface area contributed by atoms with Crippen LogP contribution in [0, 0.1) is 17.8 Å².